The molecule has 1 N–H and O–H groups in total. The molecule has 1 unspecified atom stereocenters. The number of carbonyl (C=O) groups is 2. The fourth-order valence-electron chi connectivity index (χ4n) is 2.49. The molecule has 0 aliphatic rings. The Kier molecular flexibility index (Phi) is 6.72. The lowest BCUT2D eigenvalue weighted by atomic mass is 10.1. The van der Waals surface area contributed by atoms with E-state index in [2.05, 4.69) is 5.32 Å². The zero-order valence-electron chi connectivity index (χ0n) is 15.2. The number of para-hydroxylation sites is 1. The van der Waals surface area contributed by atoms with Crippen molar-refractivity contribution in [1.29, 1.82) is 0 Å². The van der Waals surface area contributed by atoms with Gasteiger partial charge < -0.3 is 15.0 Å². The van der Waals surface area contributed by atoms with E-state index >= 15 is 0 Å². The first-order valence-electron chi connectivity index (χ1n) is 8.57. The number of hydrogen-bond donors (Lipinski definition) is 1. The third kappa shape index (κ3) is 4.81. The normalized spacial score (nSPS) is 11.5. The lowest BCUT2D eigenvalue weighted by Gasteiger charge is -2.21. The van der Waals surface area contributed by atoms with E-state index in [1.807, 2.05) is 13.8 Å². The molecular weight excluding hydrogens is 335 g/mol. The van der Waals surface area contributed by atoms with Crippen molar-refractivity contribution >= 4 is 17.5 Å². The Balaban J connectivity index is 2.12. The van der Waals surface area contributed by atoms with Gasteiger partial charge in [-0.1, -0.05) is 18.2 Å². The predicted molar refractivity (Wildman–Crippen MR) is 98.8 cm³/mol. The van der Waals surface area contributed by atoms with Crippen LogP contribution >= 0.6 is 0 Å². The van der Waals surface area contributed by atoms with Gasteiger partial charge in [0.1, 0.15) is 11.6 Å². The second-order valence-electron chi connectivity index (χ2n) is 5.73. The molecule has 0 aliphatic carbocycles. The molecule has 2 rings (SSSR count). The summed E-state index contributed by atoms with van der Waals surface area (Å²) >= 11 is 0. The number of carbonyl (C=O) groups excluding carboxylic acids is 2. The summed E-state index contributed by atoms with van der Waals surface area (Å²) in [4.78, 5) is 26.7. The van der Waals surface area contributed by atoms with Crippen LogP contribution in [0.5, 0.6) is 5.75 Å². The monoisotopic (exact) mass is 358 g/mol. The van der Waals surface area contributed by atoms with Crippen LogP contribution in [0.2, 0.25) is 0 Å². The molecule has 0 bridgehead atoms. The average Bonchev–Trinajstić information content (AvgIpc) is 2.63. The quantitative estimate of drug-likeness (QED) is 0.821. The second kappa shape index (κ2) is 8.99. The van der Waals surface area contributed by atoms with Gasteiger partial charge >= 0.3 is 0 Å². The average molecular weight is 358 g/mol. The fourth-order valence-corrected chi connectivity index (χ4v) is 2.49. The van der Waals surface area contributed by atoms with E-state index in [4.69, 9.17) is 4.74 Å². The first-order chi connectivity index (χ1) is 12.5. The first-order valence-corrected chi connectivity index (χ1v) is 8.57. The van der Waals surface area contributed by atoms with Crippen molar-refractivity contribution in [3.05, 3.63) is 59.9 Å². The molecule has 26 heavy (non-hydrogen) atoms. The minimum absolute atomic E-state index is 0.149. The van der Waals surface area contributed by atoms with E-state index in [1.165, 1.54) is 18.2 Å². The van der Waals surface area contributed by atoms with Crippen LogP contribution in [-0.4, -0.2) is 35.9 Å². The van der Waals surface area contributed by atoms with Crippen molar-refractivity contribution in [1.82, 2.24) is 4.90 Å². The van der Waals surface area contributed by atoms with E-state index in [1.54, 1.807) is 42.2 Å². The van der Waals surface area contributed by atoms with E-state index in [-0.39, 0.29) is 11.7 Å². The molecule has 6 heteroatoms. The van der Waals surface area contributed by atoms with Crippen LogP contribution in [0.25, 0.3) is 0 Å². The summed E-state index contributed by atoms with van der Waals surface area (Å²) in [7, 11) is 0. The molecule has 0 saturated heterocycles. The van der Waals surface area contributed by atoms with E-state index in [0.29, 0.717) is 24.3 Å². The number of halogens is 1. The summed E-state index contributed by atoms with van der Waals surface area (Å²) in [6, 6.07) is 12.4. The van der Waals surface area contributed by atoms with Gasteiger partial charge in [0.2, 0.25) is 0 Å². The van der Waals surface area contributed by atoms with Gasteiger partial charge in [0.15, 0.2) is 6.10 Å². The molecule has 0 spiro atoms. The Morgan fingerprint density at radius 2 is 1.81 bits per heavy atom. The Labute approximate surface area is 152 Å². The van der Waals surface area contributed by atoms with Crippen molar-refractivity contribution in [2.24, 2.45) is 0 Å². The van der Waals surface area contributed by atoms with Crippen LogP contribution in [-0.2, 0) is 4.79 Å². The van der Waals surface area contributed by atoms with Gasteiger partial charge in [-0.15, -0.1) is 0 Å². The number of amides is 2. The highest BCUT2D eigenvalue weighted by Crippen LogP contribution is 2.19. The summed E-state index contributed by atoms with van der Waals surface area (Å²) in [5, 5.41) is 2.72. The molecule has 0 radical (unpaired) electrons. The highest BCUT2D eigenvalue weighted by molar-refractivity contribution is 6.04. The molecule has 1 atom stereocenters. The molecule has 2 aromatic rings. The van der Waals surface area contributed by atoms with Gasteiger partial charge in [0, 0.05) is 19.2 Å². The fraction of sp³-hybridized carbons (Fsp3) is 0.300. The third-order valence-electron chi connectivity index (χ3n) is 3.94. The number of rotatable bonds is 7. The van der Waals surface area contributed by atoms with Crippen LogP contribution in [0.15, 0.2) is 48.5 Å². The lowest BCUT2D eigenvalue weighted by molar-refractivity contribution is -0.122. The van der Waals surface area contributed by atoms with Crippen LogP contribution in [0.3, 0.4) is 0 Å². The largest absolute Gasteiger partial charge is 0.481 e. The van der Waals surface area contributed by atoms with Crippen LogP contribution in [0.4, 0.5) is 10.1 Å². The number of hydrogen-bond acceptors (Lipinski definition) is 3. The SMILES string of the molecule is CCN(CC)C(=O)c1ccccc1NC(=O)C(C)Oc1cccc(F)c1. The summed E-state index contributed by atoms with van der Waals surface area (Å²) < 4.78 is 18.7. The zero-order chi connectivity index (χ0) is 19.1. The topological polar surface area (TPSA) is 58.6 Å². The molecule has 0 saturated carbocycles. The molecule has 0 heterocycles. The molecule has 2 amide bonds. The van der Waals surface area contributed by atoms with Gasteiger partial charge in [0.05, 0.1) is 11.3 Å². The maximum atomic E-state index is 13.2. The maximum absolute atomic E-state index is 13.2. The molecule has 5 nitrogen and oxygen atoms in total. The van der Waals surface area contributed by atoms with E-state index in [0.717, 1.165) is 0 Å². The minimum atomic E-state index is -0.853. The van der Waals surface area contributed by atoms with Crippen molar-refractivity contribution < 1.29 is 18.7 Å². The number of benzene rings is 2. The molecule has 0 fully saturated rings. The first kappa shape index (κ1) is 19.4. The molecular formula is C20H23FN2O3. The van der Waals surface area contributed by atoms with Gasteiger partial charge in [-0.05, 0) is 45.0 Å². The molecule has 2 aromatic carbocycles. The van der Waals surface area contributed by atoms with Gasteiger partial charge in [-0.25, -0.2) is 4.39 Å². The smallest absolute Gasteiger partial charge is 0.265 e. The van der Waals surface area contributed by atoms with Crippen LogP contribution in [0, 0.1) is 5.82 Å². The number of anilines is 1. The van der Waals surface area contributed by atoms with E-state index < -0.39 is 17.8 Å². The van der Waals surface area contributed by atoms with Crippen molar-refractivity contribution in [3.63, 3.8) is 0 Å². The summed E-state index contributed by atoms with van der Waals surface area (Å²) in [5.41, 5.74) is 0.839. The highest BCUT2D eigenvalue weighted by atomic mass is 19.1. The summed E-state index contributed by atoms with van der Waals surface area (Å²) in [5.74, 6) is -0.746. The third-order valence-corrected chi connectivity index (χ3v) is 3.94. The minimum Gasteiger partial charge on any atom is -0.481 e. The van der Waals surface area contributed by atoms with Crippen LogP contribution in [0.1, 0.15) is 31.1 Å². The number of ether oxygens (including phenoxy) is 1. The lowest BCUT2D eigenvalue weighted by Crippen LogP contribution is -2.33. The van der Waals surface area contributed by atoms with Gasteiger partial charge in [0.25, 0.3) is 11.8 Å². The van der Waals surface area contributed by atoms with Crippen molar-refractivity contribution in [2.45, 2.75) is 26.9 Å². The molecule has 0 aromatic heterocycles. The Morgan fingerprint density at radius 3 is 2.46 bits per heavy atom. The number of nitrogens with one attached hydrogen (secondary N) is 1. The number of nitrogens with zero attached hydrogens (tertiary/aromatic N) is 1. The van der Waals surface area contributed by atoms with Gasteiger partial charge in [-0.3, -0.25) is 9.59 Å². The molecule has 138 valence electrons. The highest BCUT2D eigenvalue weighted by Gasteiger charge is 2.20. The summed E-state index contributed by atoms with van der Waals surface area (Å²) in [6.07, 6.45) is -0.853. The van der Waals surface area contributed by atoms with Crippen molar-refractivity contribution in [2.75, 3.05) is 18.4 Å². The standard InChI is InChI=1S/C20H23FN2O3/c1-4-23(5-2)20(25)17-11-6-7-12-18(17)22-19(24)14(3)26-16-10-8-9-15(21)13-16/h6-14H,4-5H2,1-3H3,(H,22,24). The van der Waals surface area contributed by atoms with Gasteiger partial charge in [-0.2, -0.15) is 0 Å². The maximum Gasteiger partial charge on any atom is 0.265 e. The second-order valence-corrected chi connectivity index (χ2v) is 5.73. The predicted octanol–water partition coefficient (Wildman–Crippen LogP) is 3.71. The van der Waals surface area contributed by atoms with Crippen LogP contribution < -0.4 is 10.1 Å². The Bertz CT molecular complexity index is 775. The van der Waals surface area contributed by atoms with E-state index in [9.17, 15) is 14.0 Å². The Hall–Kier alpha value is -2.89. The molecule has 0 aliphatic heterocycles. The van der Waals surface area contributed by atoms with Crippen molar-refractivity contribution in [3.8, 4) is 5.75 Å². The zero-order valence-corrected chi connectivity index (χ0v) is 15.2. The summed E-state index contributed by atoms with van der Waals surface area (Å²) in [6.45, 7) is 6.53. The Morgan fingerprint density at radius 1 is 1.12 bits per heavy atom.